The van der Waals surface area contributed by atoms with E-state index in [9.17, 15) is 4.39 Å². The predicted octanol–water partition coefficient (Wildman–Crippen LogP) is 3.07. The van der Waals surface area contributed by atoms with Crippen LogP contribution in [0.4, 0.5) is 10.3 Å². The third-order valence-corrected chi connectivity index (χ3v) is 3.80. The minimum Gasteiger partial charge on any atom is -0.354 e. The molecule has 0 aliphatic heterocycles. The van der Waals surface area contributed by atoms with E-state index in [0.717, 1.165) is 12.4 Å². The van der Waals surface area contributed by atoms with Gasteiger partial charge in [-0.1, -0.05) is 12.8 Å². The fraction of sp³-hybridized carbons (Fsp3) is 0.667. The SMILES string of the molecule is Fc1cnc(NCC2CCCCC2CCl)nc1. The van der Waals surface area contributed by atoms with Crippen LogP contribution in [0.15, 0.2) is 12.4 Å². The van der Waals surface area contributed by atoms with Crippen molar-refractivity contribution in [3.05, 3.63) is 18.2 Å². The molecule has 17 heavy (non-hydrogen) atoms. The minimum atomic E-state index is -0.410. The van der Waals surface area contributed by atoms with Gasteiger partial charge in [-0.25, -0.2) is 14.4 Å². The first-order chi connectivity index (χ1) is 8.29. The molecule has 1 aliphatic carbocycles. The van der Waals surface area contributed by atoms with Gasteiger partial charge in [0, 0.05) is 12.4 Å². The summed E-state index contributed by atoms with van der Waals surface area (Å²) in [6, 6.07) is 0. The maximum atomic E-state index is 12.6. The van der Waals surface area contributed by atoms with E-state index in [1.54, 1.807) is 0 Å². The molecular formula is C12H17ClFN3. The van der Waals surface area contributed by atoms with Crippen LogP contribution in [0.2, 0.25) is 0 Å². The van der Waals surface area contributed by atoms with Crippen molar-refractivity contribution in [3.8, 4) is 0 Å². The largest absolute Gasteiger partial charge is 0.354 e. The Morgan fingerprint density at radius 3 is 2.53 bits per heavy atom. The number of hydrogen-bond acceptors (Lipinski definition) is 3. The Hall–Kier alpha value is -0.900. The van der Waals surface area contributed by atoms with Crippen LogP contribution in [0.1, 0.15) is 25.7 Å². The molecule has 1 saturated carbocycles. The monoisotopic (exact) mass is 257 g/mol. The Balaban J connectivity index is 1.86. The number of alkyl halides is 1. The molecule has 1 aliphatic rings. The van der Waals surface area contributed by atoms with Crippen molar-refractivity contribution in [3.63, 3.8) is 0 Å². The Morgan fingerprint density at radius 1 is 1.24 bits per heavy atom. The maximum absolute atomic E-state index is 12.6. The number of halogens is 2. The van der Waals surface area contributed by atoms with Crippen molar-refractivity contribution < 1.29 is 4.39 Å². The Kier molecular flexibility index (Phi) is 4.54. The van der Waals surface area contributed by atoms with Crippen LogP contribution < -0.4 is 5.32 Å². The highest BCUT2D eigenvalue weighted by Gasteiger charge is 2.24. The molecule has 1 aromatic heterocycles. The summed E-state index contributed by atoms with van der Waals surface area (Å²) in [4.78, 5) is 7.77. The molecule has 1 aromatic rings. The summed E-state index contributed by atoms with van der Waals surface area (Å²) in [5.74, 6) is 1.96. The van der Waals surface area contributed by atoms with Gasteiger partial charge in [0.2, 0.25) is 5.95 Å². The second-order valence-electron chi connectivity index (χ2n) is 4.56. The van der Waals surface area contributed by atoms with Gasteiger partial charge in [-0.15, -0.1) is 11.6 Å². The fourth-order valence-electron chi connectivity index (χ4n) is 2.38. The zero-order valence-corrected chi connectivity index (χ0v) is 10.5. The van der Waals surface area contributed by atoms with Gasteiger partial charge >= 0.3 is 0 Å². The molecule has 2 unspecified atom stereocenters. The fourth-order valence-corrected chi connectivity index (χ4v) is 2.79. The molecule has 5 heteroatoms. The Morgan fingerprint density at radius 2 is 1.88 bits per heavy atom. The highest BCUT2D eigenvalue weighted by Crippen LogP contribution is 2.30. The Bertz CT molecular complexity index is 344. The van der Waals surface area contributed by atoms with Crippen molar-refractivity contribution in [1.82, 2.24) is 9.97 Å². The standard InChI is InChI=1S/C12H17ClFN3/c13-5-9-3-1-2-4-10(9)6-15-12-16-7-11(14)8-17-12/h7-10H,1-6H2,(H,15,16,17). The van der Waals surface area contributed by atoms with Crippen molar-refractivity contribution in [2.45, 2.75) is 25.7 Å². The molecule has 0 spiro atoms. The average molecular weight is 258 g/mol. The molecule has 2 rings (SSSR count). The van der Waals surface area contributed by atoms with Crippen molar-refractivity contribution >= 4 is 17.5 Å². The van der Waals surface area contributed by atoms with E-state index in [0.29, 0.717) is 17.8 Å². The third-order valence-electron chi connectivity index (χ3n) is 3.41. The van der Waals surface area contributed by atoms with Crippen LogP contribution in [0.25, 0.3) is 0 Å². The van der Waals surface area contributed by atoms with Crippen LogP contribution in [0.5, 0.6) is 0 Å². The van der Waals surface area contributed by atoms with E-state index in [2.05, 4.69) is 15.3 Å². The summed E-state index contributed by atoms with van der Waals surface area (Å²) >= 11 is 5.97. The third kappa shape index (κ3) is 3.53. The summed E-state index contributed by atoms with van der Waals surface area (Å²) in [7, 11) is 0. The van der Waals surface area contributed by atoms with Gasteiger partial charge in [0.15, 0.2) is 5.82 Å². The predicted molar refractivity (Wildman–Crippen MR) is 66.6 cm³/mol. The van der Waals surface area contributed by atoms with Gasteiger partial charge < -0.3 is 5.32 Å². The lowest BCUT2D eigenvalue weighted by Crippen LogP contribution is -2.27. The number of hydrogen-bond donors (Lipinski definition) is 1. The first kappa shape index (κ1) is 12.6. The number of aromatic nitrogens is 2. The summed E-state index contributed by atoms with van der Waals surface area (Å²) in [6.45, 7) is 0.822. The second-order valence-corrected chi connectivity index (χ2v) is 4.87. The number of nitrogens with one attached hydrogen (secondary N) is 1. The normalized spacial score (nSPS) is 24.6. The Labute approximate surface area is 106 Å². The molecule has 3 nitrogen and oxygen atoms in total. The molecule has 1 N–H and O–H groups in total. The second kappa shape index (κ2) is 6.15. The zero-order chi connectivity index (χ0) is 12.1. The lowest BCUT2D eigenvalue weighted by atomic mass is 9.80. The maximum Gasteiger partial charge on any atom is 0.222 e. The molecule has 1 heterocycles. The molecule has 0 bridgehead atoms. The summed E-state index contributed by atoms with van der Waals surface area (Å²) in [5.41, 5.74) is 0. The van der Waals surface area contributed by atoms with E-state index >= 15 is 0 Å². The molecular weight excluding hydrogens is 241 g/mol. The summed E-state index contributed by atoms with van der Waals surface area (Å²) in [6.07, 6.45) is 7.31. The van der Waals surface area contributed by atoms with Gasteiger partial charge in [-0.3, -0.25) is 0 Å². The first-order valence-electron chi connectivity index (χ1n) is 6.07. The van der Waals surface area contributed by atoms with Crippen LogP contribution in [-0.4, -0.2) is 22.4 Å². The minimum absolute atomic E-state index is 0.410. The van der Waals surface area contributed by atoms with E-state index < -0.39 is 5.82 Å². The van der Waals surface area contributed by atoms with Gasteiger partial charge in [-0.2, -0.15) is 0 Å². The van der Waals surface area contributed by atoms with Crippen molar-refractivity contribution in [2.75, 3.05) is 17.7 Å². The molecule has 2 atom stereocenters. The molecule has 0 radical (unpaired) electrons. The van der Waals surface area contributed by atoms with Crippen LogP contribution in [0, 0.1) is 17.7 Å². The van der Waals surface area contributed by atoms with E-state index in [1.807, 2.05) is 0 Å². The molecule has 94 valence electrons. The van der Waals surface area contributed by atoms with E-state index in [4.69, 9.17) is 11.6 Å². The smallest absolute Gasteiger partial charge is 0.222 e. The lowest BCUT2D eigenvalue weighted by molar-refractivity contribution is 0.271. The highest BCUT2D eigenvalue weighted by molar-refractivity contribution is 6.18. The van der Waals surface area contributed by atoms with Gasteiger partial charge in [-0.05, 0) is 24.7 Å². The lowest BCUT2D eigenvalue weighted by Gasteiger charge is -2.30. The first-order valence-corrected chi connectivity index (χ1v) is 6.60. The number of anilines is 1. The number of rotatable bonds is 4. The van der Waals surface area contributed by atoms with E-state index in [1.165, 1.54) is 38.1 Å². The molecule has 0 aromatic carbocycles. The van der Waals surface area contributed by atoms with Crippen LogP contribution in [0.3, 0.4) is 0 Å². The van der Waals surface area contributed by atoms with Crippen molar-refractivity contribution in [2.24, 2.45) is 11.8 Å². The summed E-state index contributed by atoms with van der Waals surface area (Å²) < 4.78 is 12.6. The van der Waals surface area contributed by atoms with Gasteiger partial charge in [0.1, 0.15) is 0 Å². The molecule has 1 fully saturated rings. The number of nitrogens with zero attached hydrogens (tertiary/aromatic N) is 2. The van der Waals surface area contributed by atoms with Crippen molar-refractivity contribution in [1.29, 1.82) is 0 Å². The topological polar surface area (TPSA) is 37.8 Å². The van der Waals surface area contributed by atoms with Gasteiger partial charge in [0.05, 0.1) is 12.4 Å². The molecule has 0 amide bonds. The van der Waals surface area contributed by atoms with Gasteiger partial charge in [0.25, 0.3) is 0 Å². The summed E-state index contributed by atoms with van der Waals surface area (Å²) in [5, 5.41) is 3.16. The highest BCUT2D eigenvalue weighted by atomic mass is 35.5. The molecule has 0 saturated heterocycles. The quantitative estimate of drug-likeness (QED) is 0.843. The zero-order valence-electron chi connectivity index (χ0n) is 9.70. The van der Waals surface area contributed by atoms with Crippen LogP contribution >= 0.6 is 11.6 Å². The van der Waals surface area contributed by atoms with E-state index in [-0.39, 0.29) is 0 Å². The average Bonchev–Trinajstić information content (AvgIpc) is 2.38. The van der Waals surface area contributed by atoms with Crippen LogP contribution in [-0.2, 0) is 0 Å².